The van der Waals surface area contributed by atoms with Crippen LogP contribution in [0.25, 0.3) is 0 Å². The highest BCUT2D eigenvalue weighted by Crippen LogP contribution is 2.12. The summed E-state index contributed by atoms with van der Waals surface area (Å²) in [5.41, 5.74) is 1.25. The van der Waals surface area contributed by atoms with Crippen molar-refractivity contribution in [3.63, 3.8) is 0 Å². The number of aliphatic hydroxyl groups excluding tert-OH is 2. The molecule has 0 atom stereocenters. The molecule has 4 heteroatoms. The largest absolute Gasteiger partial charge is 0.395 e. The zero-order valence-corrected chi connectivity index (χ0v) is 11.0. The van der Waals surface area contributed by atoms with Crippen LogP contribution in [0, 0.1) is 0 Å². The molecule has 2 N–H and O–H groups in total. The molecule has 0 aliphatic heterocycles. The van der Waals surface area contributed by atoms with E-state index < -0.39 is 0 Å². The van der Waals surface area contributed by atoms with E-state index in [0.717, 1.165) is 17.4 Å². The first-order chi connectivity index (χ1) is 7.67. The van der Waals surface area contributed by atoms with Crippen LogP contribution in [0.5, 0.6) is 0 Å². The molecule has 0 bridgehead atoms. The lowest BCUT2D eigenvalue weighted by molar-refractivity contribution is 0.0925. The summed E-state index contributed by atoms with van der Waals surface area (Å²) in [7, 11) is 1.91. The number of aliphatic hydroxyl groups is 2. The Bertz CT molecular complexity index is 316. The smallest absolute Gasteiger partial charge is 0.0609 e. The van der Waals surface area contributed by atoms with Crippen LogP contribution >= 0.6 is 15.9 Å². The second-order valence-corrected chi connectivity index (χ2v) is 4.80. The van der Waals surface area contributed by atoms with E-state index in [4.69, 9.17) is 10.2 Å². The molecule has 1 aromatic carbocycles. The van der Waals surface area contributed by atoms with Crippen molar-refractivity contribution >= 4 is 15.9 Å². The van der Waals surface area contributed by atoms with Crippen LogP contribution in [0.15, 0.2) is 28.7 Å². The van der Waals surface area contributed by atoms with Gasteiger partial charge in [0.2, 0.25) is 0 Å². The van der Waals surface area contributed by atoms with E-state index in [0.29, 0.717) is 0 Å². The number of nitrogens with zero attached hydrogens (tertiary/aromatic N) is 1. The summed E-state index contributed by atoms with van der Waals surface area (Å²) in [6, 6.07) is 8.01. The van der Waals surface area contributed by atoms with E-state index in [1.54, 1.807) is 0 Å². The Morgan fingerprint density at radius 2 is 2.00 bits per heavy atom. The van der Waals surface area contributed by atoms with Crippen molar-refractivity contribution in [1.29, 1.82) is 0 Å². The highest BCUT2D eigenvalue weighted by Gasteiger charge is 2.11. The van der Waals surface area contributed by atoms with Crippen LogP contribution in [0.2, 0.25) is 0 Å². The lowest BCUT2D eigenvalue weighted by atomic mass is 10.1. The van der Waals surface area contributed by atoms with Crippen LogP contribution in [0.4, 0.5) is 0 Å². The van der Waals surface area contributed by atoms with Crippen molar-refractivity contribution in [3.05, 3.63) is 34.3 Å². The van der Waals surface area contributed by atoms with Gasteiger partial charge in [-0.15, -0.1) is 0 Å². The van der Waals surface area contributed by atoms with Crippen LogP contribution < -0.4 is 0 Å². The van der Waals surface area contributed by atoms with Crippen LogP contribution in [-0.2, 0) is 6.42 Å². The third kappa shape index (κ3) is 4.22. The second kappa shape index (κ2) is 7.01. The van der Waals surface area contributed by atoms with Gasteiger partial charge in [-0.05, 0) is 31.2 Å². The zero-order valence-electron chi connectivity index (χ0n) is 9.43. The van der Waals surface area contributed by atoms with Gasteiger partial charge in [-0.1, -0.05) is 28.1 Å². The van der Waals surface area contributed by atoms with Crippen LogP contribution in [0.3, 0.4) is 0 Å². The van der Waals surface area contributed by atoms with Crippen molar-refractivity contribution < 1.29 is 10.2 Å². The molecule has 90 valence electrons. The molecule has 0 spiro atoms. The number of hydrogen-bond acceptors (Lipinski definition) is 3. The Kier molecular flexibility index (Phi) is 5.98. The van der Waals surface area contributed by atoms with Gasteiger partial charge in [-0.2, -0.15) is 0 Å². The summed E-state index contributed by atoms with van der Waals surface area (Å²) in [5.74, 6) is 0. The highest BCUT2D eigenvalue weighted by atomic mass is 79.9. The van der Waals surface area contributed by atoms with Gasteiger partial charge in [0.1, 0.15) is 0 Å². The molecule has 3 nitrogen and oxygen atoms in total. The fourth-order valence-corrected chi connectivity index (χ4v) is 1.96. The highest BCUT2D eigenvalue weighted by molar-refractivity contribution is 9.10. The third-order valence-corrected chi connectivity index (χ3v) is 3.18. The molecule has 0 radical (unpaired) electrons. The van der Waals surface area contributed by atoms with E-state index in [1.165, 1.54) is 5.56 Å². The first kappa shape index (κ1) is 13.6. The van der Waals surface area contributed by atoms with Gasteiger partial charge in [0.15, 0.2) is 0 Å². The molecular formula is C12H18BrNO2. The predicted molar refractivity (Wildman–Crippen MR) is 68.4 cm³/mol. The van der Waals surface area contributed by atoms with E-state index in [2.05, 4.69) is 28.1 Å². The number of rotatable bonds is 6. The maximum absolute atomic E-state index is 9.03. The minimum Gasteiger partial charge on any atom is -0.395 e. The van der Waals surface area contributed by atoms with Gasteiger partial charge in [0.25, 0.3) is 0 Å². The predicted octanol–water partition coefficient (Wildman–Crippen LogP) is 1.28. The van der Waals surface area contributed by atoms with Gasteiger partial charge in [-0.3, -0.25) is 4.90 Å². The molecule has 0 saturated carbocycles. The van der Waals surface area contributed by atoms with Gasteiger partial charge < -0.3 is 10.2 Å². The lowest BCUT2D eigenvalue weighted by Gasteiger charge is -2.24. The normalized spacial score (nSPS) is 11.4. The number of halogens is 1. The van der Waals surface area contributed by atoms with Crippen molar-refractivity contribution in [2.24, 2.45) is 0 Å². The summed E-state index contributed by atoms with van der Waals surface area (Å²) in [6.07, 6.45) is 0.909. The Morgan fingerprint density at radius 3 is 2.56 bits per heavy atom. The summed E-state index contributed by atoms with van der Waals surface area (Å²) in [6.45, 7) is 0.805. The molecule has 0 aliphatic carbocycles. The number of likely N-dealkylation sites (N-methyl/N-ethyl adjacent to an activating group) is 1. The second-order valence-electron chi connectivity index (χ2n) is 3.88. The fourth-order valence-electron chi connectivity index (χ4n) is 1.52. The van der Waals surface area contributed by atoms with Gasteiger partial charge in [0.05, 0.1) is 19.3 Å². The first-order valence-electron chi connectivity index (χ1n) is 5.33. The summed E-state index contributed by atoms with van der Waals surface area (Å²) >= 11 is 3.43. The van der Waals surface area contributed by atoms with E-state index in [9.17, 15) is 0 Å². The van der Waals surface area contributed by atoms with Gasteiger partial charge >= 0.3 is 0 Å². The van der Waals surface area contributed by atoms with Crippen molar-refractivity contribution in [1.82, 2.24) is 4.90 Å². The molecule has 1 aromatic rings. The monoisotopic (exact) mass is 287 g/mol. The van der Waals surface area contributed by atoms with E-state index in [-0.39, 0.29) is 19.3 Å². The third-order valence-electron chi connectivity index (χ3n) is 2.69. The van der Waals surface area contributed by atoms with Crippen LogP contribution in [0.1, 0.15) is 5.56 Å². The zero-order chi connectivity index (χ0) is 12.0. The minimum atomic E-state index is -0.160. The van der Waals surface area contributed by atoms with Crippen molar-refractivity contribution in [3.8, 4) is 0 Å². The summed E-state index contributed by atoms with van der Waals surface area (Å²) < 4.78 is 1.08. The Balaban J connectivity index is 2.45. The summed E-state index contributed by atoms with van der Waals surface area (Å²) in [5, 5.41) is 18.1. The minimum absolute atomic E-state index is 0.00845. The Morgan fingerprint density at radius 1 is 1.31 bits per heavy atom. The van der Waals surface area contributed by atoms with Crippen molar-refractivity contribution in [2.75, 3.05) is 26.8 Å². The van der Waals surface area contributed by atoms with Gasteiger partial charge in [0, 0.05) is 11.0 Å². The number of benzene rings is 1. The molecule has 16 heavy (non-hydrogen) atoms. The molecule has 0 amide bonds. The molecule has 0 saturated heterocycles. The Hall–Kier alpha value is -0.420. The Labute approximate surface area is 105 Å². The molecule has 0 fully saturated rings. The SMILES string of the molecule is CN(CCc1cccc(Br)c1)C(CO)CO. The molecule has 0 unspecified atom stereocenters. The molecule has 0 aliphatic rings. The maximum atomic E-state index is 9.03. The first-order valence-corrected chi connectivity index (χ1v) is 6.13. The standard InChI is InChI=1S/C12H18BrNO2/c1-14(12(8-15)9-16)6-5-10-3-2-4-11(13)7-10/h2-4,7,12,15-16H,5-6,8-9H2,1H3. The fraction of sp³-hybridized carbons (Fsp3) is 0.500. The average molecular weight is 288 g/mol. The maximum Gasteiger partial charge on any atom is 0.0609 e. The summed E-state index contributed by atoms with van der Waals surface area (Å²) in [4.78, 5) is 1.97. The molecule has 1 rings (SSSR count). The van der Waals surface area contributed by atoms with Crippen LogP contribution in [-0.4, -0.2) is 48.0 Å². The number of hydrogen-bond donors (Lipinski definition) is 2. The molecule has 0 heterocycles. The van der Waals surface area contributed by atoms with E-state index in [1.807, 2.05) is 24.1 Å². The van der Waals surface area contributed by atoms with E-state index >= 15 is 0 Å². The van der Waals surface area contributed by atoms with Gasteiger partial charge in [-0.25, -0.2) is 0 Å². The average Bonchev–Trinajstić information content (AvgIpc) is 2.28. The molecule has 0 aromatic heterocycles. The lowest BCUT2D eigenvalue weighted by Crippen LogP contribution is -2.38. The topological polar surface area (TPSA) is 43.7 Å². The van der Waals surface area contributed by atoms with Crippen molar-refractivity contribution in [2.45, 2.75) is 12.5 Å². The molecular weight excluding hydrogens is 270 g/mol. The quantitative estimate of drug-likeness (QED) is 0.828.